The van der Waals surface area contributed by atoms with Gasteiger partial charge in [0.05, 0.1) is 0 Å². The van der Waals surface area contributed by atoms with E-state index in [9.17, 15) is 0 Å². The Bertz CT molecular complexity index is 907. The summed E-state index contributed by atoms with van der Waals surface area (Å²) in [6.07, 6.45) is 0. The van der Waals surface area contributed by atoms with Gasteiger partial charge in [-0.25, -0.2) is 0 Å². The van der Waals surface area contributed by atoms with Crippen LogP contribution in [0.1, 0.15) is 0 Å². The third kappa shape index (κ3) is 1.83. The van der Waals surface area contributed by atoms with E-state index in [1.165, 1.54) is 36.5 Å². The van der Waals surface area contributed by atoms with E-state index in [4.69, 9.17) is 0 Å². The molecule has 0 atom stereocenters. The minimum absolute atomic E-state index is 1.20. The number of aromatic nitrogens is 1. The standard InChI is InChI=1S/C18H12IN/c19-15-7-4-8-17-18(15)14-11-13(9-10-16(14)20-17)12-5-2-1-3-6-12/h1-11,20H. The Morgan fingerprint density at radius 1 is 0.700 bits per heavy atom. The maximum atomic E-state index is 3.49. The summed E-state index contributed by atoms with van der Waals surface area (Å²) in [4.78, 5) is 3.49. The second-order valence-corrected chi connectivity index (χ2v) is 6.08. The van der Waals surface area contributed by atoms with Crippen molar-refractivity contribution < 1.29 is 0 Å². The molecule has 3 aromatic carbocycles. The first kappa shape index (κ1) is 12.0. The number of nitrogens with one attached hydrogen (secondary N) is 1. The molecule has 4 rings (SSSR count). The second-order valence-electron chi connectivity index (χ2n) is 4.91. The molecule has 0 unspecified atom stereocenters. The summed E-state index contributed by atoms with van der Waals surface area (Å²) < 4.78 is 1.29. The van der Waals surface area contributed by atoms with E-state index in [0.717, 1.165) is 0 Å². The van der Waals surface area contributed by atoms with Gasteiger partial charge in [0.2, 0.25) is 0 Å². The first-order valence-corrected chi connectivity index (χ1v) is 7.66. The Morgan fingerprint density at radius 3 is 2.40 bits per heavy atom. The van der Waals surface area contributed by atoms with Gasteiger partial charge in [0.1, 0.15) is 0 Å². The van der Waals surface area contributed by atoms with Gasteiger partial charge in [0, 0.05) is 25.4 Å². The van der Waals surface area contributed by atoms with E-state index >= 15 is 0 Å². The van der Waals surface area contributed by atoms with Crippen molar-refractivity contribution in [1.29, 1.82) is 0 Å². The normalized spacial score (nSPS) is 11.2. The Balaban J connectivity index is 2.06. The molecule has 96 valence electrons. The van der Waals surface area contributed by atoms with Gasteiger partial charge < -0.3 is 4.98 Å². The molecule has 0 spiro atoms. The van der Waals surface area contributed by atoms with Gasteiger partial charge in [-0.3, -0.25) is 0 Å². The Morgan fingerprint density at radius 2 is 1.55 bits per heavy atom. The van der Waals surface area contributed by atoms with E-state index < -0.39 is 0 Å². The minimum Gasteiger partial charge on any atom is -0.354 e. The fourth-order valence-electron chi connectivity index (χ4n) is 2.72. The van der Waals surface area contributed by atoms with Gasteiger partial charge in [-0.05, 0) is 58.0 Å². The van der Waals surface area contributed by atoms with Crippen LogP contribution in [0.4, 0.5) is 0 Å². The molecule has 0 fully saturated rings. The molecule has 1 heterocycles. The third-order valence-corrected chi connectivity index (χ3v) is 4.58. The summed E-state index contributed by atoms with van der Waals surface area (Å²) in [6, 6.07) is 23.6. The topological polar surface area (TPSA) is 15.8 Å². The molecule has 0 amide bonds. The largest absolute Gasteiger partial charge is 0.354 e. The summed E-state index contributed by atoms with van der Waals surface area (Å²) in [7, 11) is 0. The van der Waals surface area contributed by atoms with Crippen LogP contribution in [0.25, 0.3) is 32.9 Å². The lowest BCUT2D eigenvalue weighted by Gasteiger charge is -2.02. The maximum Gasteiger partial charge on any atom is 0.0475 e. The van der Waals surface area contributed by atoms with Gasteiger partial charge in [-0.15, -0.1) is 0 Å². The minimum atomic E-state index is 1.20. The van der Waals surface area contributed by atoms with Crippen molar-refractivity contribution in [3.8, 4) is 11.1 Å². The number of rotatable bonds is 1. The van der Waals surface area contributed by atoms with Crippen LogP contribution in [-0.4, -0.2) is 4.98 Å². The number of fused-ring (bicyclic) bond motifs is 3. The van der Waals surface area contributed by atoms with Crippen molar-refractivity contribution in [3.05, 3.63) is 70.3 Å². The Labute approximate surface area is 130 Å². The molecule has 1 aromatic heterocycles. The van der Waals surface area contributed by atoms with Gasteiger partial charge in [-0.2, -0.15) is 0 Å². The van der Waals surface area contributed by atoms with Crippen LogP contribution in [0.15, 0.2) is 66.7 Å². The van der Waals surface area contributed by atoms with Crippen LogP contribution >= 0.6 is 22.6 Å². The predicted molar refractivity (Wildman–Crippen MR) is 94.0 cm³/mol. The second kappa shape index (κ2) is 4.63. The van der Waals surface area contributed by atoms with E-state index in [1.54, 1.807) is 0 Å². The van der Waals surface area contributed by atoms with E-state index in [-0.39, 0.29) is 0 Å². The Kier molecular flexibility index (Phi) is 2.77. The number of hydrogen-bond acceptors (Lipinski definition) is 0. The highest BCUT2D eigenvalue weighted by Crippen LogP contribution is 2.32. The zero-order chi connectivity index (χ0) is 13.5. The molecular formula is C18H12IN. The molecule has 2 heteroatoms. The number of hydrogen-bond donors (Lipinski definition) is 1. The lowest BCUT2D eigenvalue weighted by atomic mass is 10.0. The third-order valence-electron chi connectivity index (χ3n) is 3.68. The van der Waals surface area contributed by atoms with Gasteiger partial charge >= 0.3 is 0 Å². The van der Waals surface area contributed by atoms with Crippen LogP contribution in [0.2, 0.25) is 0 Å². The van der Waals surface area contributed by atoms with Gasteiger partial charge in [0.25, 0.3) is 0 Å². The van der Waals surface area contributed by atoms with Crippen molar-refractivity contribution in [2.75, 3.05) is 0 Å². The number of H-pyrrole nitrogens is 1. The summed E-state index contributed by atoms with van der Waals surface area (Å²) in [5.41, 5.74) is 4.93. The zero-order valence-corrected chi connectivity index (χ0v) is 12.9. The fourth-order valence-corrected chi connectivity index (χ4v) is 3.51. The van der Waals surface area contributed by atoms with Crippen molar-refractivity contribution in [2.45, 2.75) is 0 Å². The summed E-state index contributed by atoms with van der Waals surface area (Å²) in [5.74, 6) is 0. The highest BCUT2D eigenvalue weighted by molar-refractivity contribution is 14.1. The smallest absolute Gasteiger partial charge is 0.0475 e. The quantitative estimate of drug-likeness (QED) is 0.421. The number of benzene rings is 3. The summed E-state index contributed by atoms with van der Waals surface area (Å²) >= 11 is 2.41. The maximum absolute atomic E-state index is 3.49. The van der Waals surface area contributed by atoms with Crippen LogP contribution in [-0.2, 0) is 0 Å². The molecule has 0 aliphatic carbocycles. The monoisotopic (exact) mass is 369 g/mol. The van der Waals surface area contributed by atoms with Crippen molar-refractivity contribution >= 4 is 44.4 Å². The Hall–Kier alpha value is -1.81. The lowest BCUT2D eigenvalue weighted by Crippen LogP contribution is -1.77. The molecule has 4 aromatic rings. The zero-order valence-electron chi connectivity index (χ0n) is 10.7. The molecule has 0 aliphatic rings. The summed E-state index contributed by atoms with van der Waals surface area (Å²) in [5, 5.41) is 2.62. The first-order valence-electron chi connectivity index (χ1n) is 6.58. The van der Waals surface area contributed by atoms with Crippen LogP contribution in [0, 0.1) is 3.57 Å². The molecule has 0 saturated carbocycles. The van der Waals surface area contributed by atoms with Crippen molar-refractivity contribution in [3.63, 3.8) is 0 Å². The SMILES string of the molecule is Ic1cccc2[nH]c3ccc(-c4ccccc4)cc3c12. The first-order chi connectivity index (χ1) is 9.83. The van der Waals surface area contributed by atoms with Crippen molar-refractivity contribution in [2.24, 2.45) is 0 Å². The average Bonchev–Trinajstić information content (AvgIpc) is 2.87. The highest BCUT2D eigenvalue weighted by Gasteiger charge is 2.08. The molecule has 20 heavy (non-hydrogen) atoms. The molecule has 1 nitrogen and oxygen atoms in total. The van der Waals surface area contributed by atoms with Gasteiger partial charge in [0.15, 0.2) is 0 Å². The highest BCUT2D eigenvalue weighted by atomic mass is 127. The molecule has 0 radical (unpaired) electrons. The fraction of sp³-hybridized carbons (Fsp3) is 0. The molecular weight excluding hydrogens is 357 g/mol. The molecule has 0 aliphatic heterocycles. The summed E-state index contributed by atoms with van der Waals surface area (Å²) in [6.45, 7) is 0. The van der Waals surface area contributed by atoms with Crippen LogP contribution in [0.3, 0.4) is 0 Å². The van der Waals surface area contributed by atoms with Crippen LogP contribution < -0.4 is 0 Å². The molecule has 0 bridgehead atoms. The lowest BCUT2D eigenvalue weighted by molar-refractivity contribution is 1.54. The van der Waals surface area contributed by atoms with Gasteiger partial charge in [-0.1, -0.05) is 42.5 Å². The van der Waals surface area contributed by atoms with E-state index in [1.807, 2.05) is 0 Å². The average molecular weight is 369 g/mol. The van der Waals surface area contributed by atoms with Crippen LogP contribution in [0.5, 0.6) is 0 Å². The van der Waals surface area contributed by atoms with E-state index in [2.05, 4.69) is 94.3 Å². The van der Waals surface area contributed by atoms with E-state index in [0.29, 0.717) is 0 Å². The van der Waals surface area contributed by atoms with Crippen molar-refractivity contribution in [1.82, 2.24) is 4.98 Å². The molecule has 1 N–H and O–H groups in total. The number of halogens is 1. The predicted octanol–water partition coefficient (Wildman–Crippen LogP) is 5.59. The number of aromatic amines is 1. The molecule has 0 saturated heterocycles.